The summed E-state index contributed by atoms with van der Waals surface area (Å²) in [6, 6.07) is 11.8. The molecule has 1 fully saturated rings. The highest BCUT2D eigenvalue weighted by Crippen LogP contribution is 2.11. The molecule has 1 atom stereocenters. The van der Waals surface area contributed by atoms with Crippen LogP contribution < -0.4 is 5.32 Å². The van der Waals surface area contributed by atoms with Crippen molar-refractivity contribution in [1.82, 2.24) is 10.2 Å². The van der Waals surface area contributed by atoms with Crippen LogP contribution in [0.2, 0.25) is 0 Å². The number of halogens is 1. The molecule has 3 rings (SSSR count). The minimum absolute atomic E-state index is 0.0177. The van der Waals surface area contributed by atoms with Crippen LogP contribution in [0.4, 0.5) is 9.18 Å². The third-order valence-electron chi connectivity index (χ3n) is 4.27. The molecule has 7 nitrogen and oxygen atoms in total. The molecule has 1 saturated heterocycles. The van der Waals surface area contributed by atoms with Gasteiger partial charge in [-0.25, -0.2) is 9.18 Å². The van der Waals surface area contributed by atoms with Crippen LogP contribution in [0.3, 0.4) is 0 Å². The number of rotatable bonds is 5. The number of hydrogen-bond acceptors (Lipinski definition) is 5. The quantitative estimate of drug-likeness (QED) is 0.821. The van der Waals surface area contributed by atoms with Crippen LogP contribution in [0.1, 0.15) is 15.9 Å². The van der Waals surface area contributed by atoms with Gasteiger partial charge >= 0.3 is 6.09 Å². The first-order chi connectivity index (χ1) is 13.5. The molecule has 0 spiro atoms. The van der Waals surface area contributed by atoms with Crippen molar-refractivity contribution in [1.29, 1.82) is 0 Å². The van der Waals surface area contributed by atoms with Gasteiger partial charge in [0.15, 0.2) is 0 Å². The molecule has 148 valence electrons. The van der Waals surface area contributed by atoms with Crippen LogP contribution in [0, 0.1) is 5.82 Å². The highest BCUT2D eigenvalue weighted by atomic mass is 19.1. The van der Waals surface area contributed by atoms with E-state index < -0.39 is 6.09 Å². The number of amides is 2. The lowest BCUT2D eigenvalue weighted by molar-refractivity contribution is -0.0264. The number of aromatic hydroxyl groups is 1. The zero-order valence-corrected chi connectivity index (χ0v) is 15.1. The Hall–Kier alpha value is -3.13. The highest BCUT2D eigenvalue weighted by molar-refractivity contribution is 5.94. The number of ether oxygens (including phenoxy) is 2. The normalized spacial score (nSPS) is 16.5. The molecule has 1 aliphatic heterocycles. The molecule has 0 saturated carbocycles. The summed E-state index contributed by atoms with van der Waals surface area (Å²) in [4.78, 5) is 25.9. The van der Waals surface area contributed by atoms with E-state index in [4.69, 9.17) is 9.47 Å². The molecule has 1 heterocycles. The number of morpholine rings is 1. The molecule has 2 amide bonds. The van der Waals surface area contributed by atoms with Crippen LogP contribution >= 0.6 is 0 Å². The van der Waals surface area contributed by atoms with Crippen LogP contribution in [-0.2, 0) is 16.1 Å². The van der Waals surface area contributed by atoms with Crippen molar-refractivity contribution in [2.75, 3.05) is 26.2 Å². The smallest absolute Gasteiger partial charge is 0.410 e. The second-order valence-electron chi connectivity index (χ2n) is 6.38. The number of nitrogens with one attached hydrogen (secondary N) is 1. The number of hydrogen-bond donors (Lipinski definition) is 2. The van der Waals surface area contributed by atoms with E-state index in [1.807, 2.05) is 0 Å². The largest absolute Gasteiger partial charge is 0.508 e. The SMILES string of the molecule is O=C(NCC1CN(C(=O)OCc2cccc(F)c2)CCO1)c1ccc(O)cc1. The maximum atomic E-state index is 13.2. The van der Waals surface area contributed by atoms with Gasteiger partial charge in [-0.3, -0.25) is 4.79 Å². The van der Waals surface area contributed by atoms with Gasteiger partial charge in [-0.1, -0.05) is 12.1 Å². The molecular weight excluding hydrogens is 367 g/mol. The summed E-state index contributed by atoms with van der Waals surface area (Å²) in [5.74, 6) is -0.599. The van der Waals surface area contributed by atoms with Crippen molar-refractivity contribution >= 4 is 12.0 Å². The maximum absolute atomic E-state index is 13.2. The standard InChI is InChI=1S/C20H21FN2O5/c21-16-3-1-2-14(10-16)13-28-20(26)23-8-9-27-18(12-23)11-22-19(25)15-4-6-17(24)7-5-15/h1-7,10,18,24H,8-9,11-13H2,(H,22,25). The molecule has 2 aromatic rings. The molecule has 0 aliphatic carbocycles. The van der Waals surface area contributed by atoms with Crippen molar-refractivity contribution < 1.29 is 28.6 Å². The van der Waals surface area contributed by atoms with E-state index in [0.29, 0.717) is 24.3 Å². The van der Waals surface area contributed by atoms with Gasteiger partial charge in [-0.2, -0.15) is 0 Å². The summed E-state index contributed by atoms with van der Waals surface area (Å²) in [5, 5.41) is 12.0. The minimum Gasteiger partial charge on any atom is -0.508 e. The van der Waals surface area contributed by atoms with Gasteiger partial charge in [0, 0.05) is 18.7 Å². The van der Waals surface area contributed by atoms with E-state index in [-0.39, 0.29) is 43.3 Å². The number of nitrogens with zero attached hydrogens (tertiary/aromatic N) is 1. The van der Waals surface area contributed by atoms with Crippen molar-refractivity contribution in [3.8, 4) is 5.75 Å². The first kappa shape index (κ1) is 19.6. The Kier molecular flexibility index (Phi) is 6.44. The highest BCUT2D eigenvalue weighted by Gasteiger charge is 2.25. The monoisotopic (exact) mass is 388 g/mol. The van der Waals surface area contributed by atoms with Gasteiger partial charge in [0.25, 0.3) is 5.91 Å². The summed E-state index contributed by atoms with van der Waals surface area (Å²) in [7, 11) is 0. The lowest BCUT2D eigenvalue weighted by atomic mass is 10.2. The second kappa shape index (κ2) is 9.18. The fourth-order valence-corrected chi connectivity index (χ4v) is 2.79. The van der Waals surface area contributed by atoms with E-state index in [1.54, 1.807) is 12.1 Å². The molecule has 2 aromatic carbocycles. The zero-order valence-electron chi connectivity index (χ0n) is 15.1. The molecule has 1 unspecified atom stereocenters. The molecule has 28 heavy (non-hydrogen) atoms. The van der Waals surface area contributed by atoms with Crippen LogP contribution in [0.25, 0.3) is 0 Å². The Labute approximate surface area is 161 Å². The lowest BCUT2D eigenvalue weighted by Crippen LogP contribution is -2.49. The number of phenolic OH excluding ortho intramolecular Hbond substituents is 1. The molecule has 2 N–H and O–H groups in total. The van der Waals surface area contributed by atoms with Crippen molar-refractivity contribution in [3.05, 3.63) is 65.5 Å². The van der Waals surface area contributed by atoms with Gasteiger partial charge in [0.2, 0.25) is 0 Å². The van der Waals surface area contributed by atoms with Gasteiger partial charge in [0.1, 0.15) is 18.2 Å². The number of phenols is 1. The molecule has 0 bridgehead atoms. The summed E-state index contributed by atoms with van der Waals surface area (Å²) in [6.07, 6.45) is -0.876. The molecule has 1 aliphatic rings. The first-order valence-corrected chi connectivity index (χ1v) is 8.86. The molecule has 0 aromatic heterocycles. The number of carbonyl (C=O) groups is 2. The lowest BCUT2D eigenvalue weighted by Gasteiger charge is -2.32. The van der Waals surface area contributed by atoms with E-state index in [1.165, 1.54) is 41.3 Å². The van der Waals surface area contributed by atoms with E-state index in [2.05, 4.69) is 5.32 Å². The van der Waals surface area contributed by atoms with E-state index >= 15 is 0 Å². The van der Waals surface area contributed by atoms with Gasteiger partial charge in [0.05, 0.1) is 19.3 Å². The Morgan fingerprint density at radius 1 is 1.25 bits per heavy atom. The Bertz CT molecular complexity index is 828. The Balaban J connectivity index is 1.46. The number of benzene rings is 2. The van der Waals surface area contributed by atoms with Crippen LogP contribution in [0.15, 0.2) is 48.5 Å². The van der Waals surface area contributed by atoms with Crippen LogP contribution in [0.5, 0.6) is 5.75 Å². The van der Waals surface area contributed by atoms with Gasteiger partial charge in [-0.05, 0) is 42.0 Å². The third-order valence-corrected chi connectivity index (χ3v) is 4.27. The maximum Gasteiger partial charge on any atom is 0.410 e. The fraction of sp³-hybridized carbons (Fsp3) is 0.300. The average Bonchev–Trinajstić information content (AvgIpc) is 2.71. The summed E-state index contributed by atoms with van der Waals surface area (Å²) < 4.78 is 24.0. The Morgan fingerprint density at radius 2 is 2.04 bits per heavy atom. The van der Waals surface area contributed by atoms with Crippen molar-refractivity contribution in [3.63, 3.8) is 0 Å². The van der Waals surface area contributed by atoms with Gasteiger partial charge < -0.3 is 24.8 Å². The molecular formula is C20H21FN2O5. The number of carbonyl (C=O) groups excluding carboxylic acids is 2. The fourth-order valence-electron chi connectivity index (χ4n) is 2.79. The minimum atomic E-state index is -0.512. The topological polar surface area (TPSA) is 88.1 Å². The average molecular weight is 388 g/mol. The first-order valence-electron chi connectivity index (χ1n) is 8.86. The Morgan fingerprint density at radius 3 is 2.79 bits per heavy atom. The van der Waals surface area contributed by atoms with Crippen LogP contribution in [-0.4, -0.2) is 54.4 Å². The molecule has 8 heteroatoms. The predicted molar refractivity (Wildman–Crippen MR) is 98.3 cm³/mol. The summed E-state index contributed by atoms with van der Waals surface area (Å²) in [6.45, 7) is 1.20. The van der Waals surface area contributed by atoms with Crippen molar-refractivity contribution in [2.24, 2.45) is 0 Å². The summed E-state index contributed by atoms with van der Waals surface area (Å²) in [5.41, 5.74) is 0.985. The van der Waals surface area contributed by atoms with Crippen molar-refractivity contribution in [2.45, 2.75) is 12.7 Å². The summed E-state index contributed by atoms with van der Waals surface area (Å²) >= 11 is 0. The predicted octanol–water partition coefficient (Wildman–Crippen LogP) is 2.30. The van der Waals surface area contributed by atoms with Gasteiger partial charge in [-0.15, -0.1) is 0 Å². The molecule has 0 radical (unpaired) electrons. The van der Waals surface area contributed by atoms with E-state index in [0.717, 1.165) is 0 Å². The second-order valence-corrected chi connectivity index (χ2v) is 6.38. The zero-order chi connectivity index (χ0) is 19.9. The van der Waals surface area contributed by atoms with E-state index in [9.17, 15) is 19.1 Å². The third kappa shape index (κ3) is 5.43.